The maximum Gasteiger partial charge on any atom is 0.138 e. The normalized spacial score (nSPS) is 14.3. The fourth-order valence-corrected chi connectivity index (χ4v) is 1.79. The highest BCUT2D eigenvalue weighted by Gasteiger charge is 2.30. The van der Waals surface area contributed by atoms with E-state index in [1.165, 1.54) is 24.3 Å². The molecule has 1 unspecified atom stereocenters. The van der Waals surface area contributed by atoms with Gasteiger partial charge in [0.05, 0.1) is 6.61 Å². The third-order valence-corrected chi connectivity index (χ3v) is 2.80. The summed E-state index contributed by atoms with van der Waals surface area (Å²) in [4.78, 5) is 0. The highest BCUT2D eigenvalue weighted by Crippen LogP contribution is 2.28. The van der Waals surface area contributed by atoms with Crippen LogP contribution in [-0.2, 0) is 5.60 Å². The topological polar surface area (TPSA) is 40.5 Å². The molecule has 0 saturated carbocycles. The summed E-state index contributed by atoms with van der Waals surface area (Å²) in [5, 5.41) is 19.9. The van der Waals surface area contributed by atoms with Gasteiger partial charge in [0.2, 0.25) is 0 Å². The summed E-state index contributed by atoms with van der Waals surface area (Å²) in [6, 6.07) is 14.3. The molecule has 3 heteroatoms. The minimum atomic E-state index is -1.49. The summed E-state index contributed by atoms with van der Waals surface area (Å²) >= 11 is 0. The predicted molar refractivity (Wildman–Crippen MR) is 62.9 cm³/mol. The molecule has 2 rings (SSSR count). The Hall–Kier alpha value is -1.71. The summed E-state index contributed by atoms with van der Waals surface area (Å²) in [6.45, 7) is -0.456. The molecule has 0 aliphatic rings. The van der Waals surface area contributed by atoms with E-state index < -0.39 is 12.2 Å². The van der Waals surface area contributed by atoms with E-state index in [9.17, 15) is 14.6 Å². The van der Waals surface area contributed by atoms with Crippen molar-refractivity contribution in [2.45, 2.75) is 5.60 Å². The average Bonchev–Trinajstić information content (AvgIpc) is 2.40. The van der Waals surface area contributed by atoms with E-state index in [1.54, 1.807) is 24.3 Å². The molecule has 2 nitrogen and oxygen atoms in total. The number of hydrogen-bond donors (Lipinski definition) is 2. The van der Waals surface area contributed by atoms with Crippen LogP contribution in [0.3, 0.4) is 0 Å². The van der Waals surface area contributed by atoms with Crippen LogP contribution in [0.4, 0.5) is 4.39 Å². The molecule has 0 spiro atoms. The second-order valence-corrected chi connectivity index (χ2v) is 3.89. The van der Waals surface area contributed by atoms with Gasteiger partial charge in [-0.25, -0.2) is 4.39 Å². The highest BCUT2D eigenvalue weighted by molar-refractivity contribution is 5.36. The zero-order valence-corrected chi connectivity index (χ0v) is 9.18. The van der Waals surface area contributed by atoms with Gasteiger partial charge in [-0.2, -0.15) is 0 Å². The van der Waals surface area contributed by atoms with E-state index in [4.69, 9.17) is 0 Å². The largest absolute Gasteiger partial charge is 0.393 e. The van der Waals surface area contributed by atoms with Gasteiger partial charge in [-0.15, -0.1) is 0 Å². The Labute approximate surface area is 99.0 Å². The summed E-state index contributed by atoms with van der Waals surface area (Å²) in [6.07, 6.45) is 0. The standard InChI is InChI=1S/C14H13FO2/c15-13-8-6-12(7-9-13)14(17,10-16)11-4-2-1-3-5-11/h1-9,16-17H,10H2. The van der Waals surface area contributed by atoms with Gasteiger partial charge in [0, 0.05) is 0 Å². The van der Waals surface area contributed by atoms with Crippen molar-refractivity contribution in [2.75, 3.05) is 6.61 Å². The molecule has 0 heterocycles. The van der Waals surface area contributed by atoms with Crippen LogP contribution in [0, 0.1) is 5.82 Å². The summed E-state index contributed by atoms with van der Waals surface area (Å²) < 4.78 is 12.8. The Morgan fingerprint density at radius 2 is 1.41 bits per heavy atom. The second-order valence-electron chi connectivity index (χ2n) is 3.89. The molecule has 0 amide bonds. The van der Waals surface area contributed by atoms with Crippen LogP contribution in [0.15, 0.2) is 54.6 Å². The lowest BCUT2D eigenvalue weighted by Gasteiger charge is -2.27. The molecule has 0 fully saturated rings. The third kappa shape index (κ3) is 2.20. The monoisotopic (exact) mass is 232 g/mol. The van der Waals surface area contributed by atoms with Crippen LogP contribution < -0.4 is 0 Å². The van der Waals surface area contributed by atoms with Crippen LogP contribution in [0.25, 0.3) is 0 Å². The average molecular weight is 232 g/mol. The zero-order chi connectivity index (χ0) is 12.3. The SMILES string of the molecule is OCC(O)(c1ccccc1)c1ccc(F)cc1. The summed E-state index contributed by atoms with van der Waals surface area (Å²) in [5.41, 5.74) is -0.448. The van der Waals surface area contributed by atoms with E-state index >= 15 is 0 Å². The first kappa shape index (κ1) is 11.8. The van der Waals surface area contributed by atoms with Crippen molar-refractivity contribution < 1.29 is 14.6 Å². The molecule has 0 aliphatic heterocycles. The van der Waals surface area contributed by atoms with Gasteiger partial charge in [0.15, 0.2) is 0 Å². The van der Waals surface area contributed by atoms with Crippen molar-refractivity contribution in [3.8, 4) is 0 Å². The van der Waals surface area contributed by atoms with E-state index in [0.29, 0.717) is 11.1 Å². The Morgan fingerprint density at radius 3 is 1.94 bits per heavy atom. The Morgan fingerprint density at radius 1 is 0.882 bits per heavy atom. The van der Waals surface area contributed by atoms with Crippen molar-refractivity contribution >= 4 is 0 Å². The molecule has 88 valence electrons. The van der Waals surface area contributed by atoms with Crippen LogP contribution in [-0.4, -0.2) is 16.8 Å². The first-order valence-electron chi connectivity index (χ1n) is 5.31. The van der Waals surface area contributed by atoms with Gasteiger partial charge in [-0.3, -0.25) is 0 Å². The van der Waals surface area contributed by atoms with Crippen molar-refractivity contribution in [2.24, 2.45) is 0 Å². The van der Waals surface area contributed by atoms with Crippen molar-refractivity contribution in [3.63, 3.8) is 0 Å². The zero-order valence-electron chi connectivity index (χ0n) is 9.18. The van der Waals surface area contributed by atoms with Crippen molar-refractivity contribution in [1.82, 2.24) is 0 Å². The van der Waals surface area contributed by atoms with E-state index in [0.717, 1.165) is 0 Å². The Balaban J connectivity index is 2.48. The Bertz CT molecular complexity index is 481. The van der Waals surface area contributed by atoms with Gasteiger partial charge in [0.1, 0.15) is 11.4 Å². The lowest BCUT2D eigenvalue weighted by Crippen LogP contribution is -2.31. The van der Waals surface area contributed by atoms with Crippen molar-refractivity contribution in [1.29, 1.82) is 0 Å². The molecule has 0 radical (unpaired) electrons. The number of halogens is 1. The Kier molecular flexibility index (Phi) is 3.22. The minimum absolute atomic E-state index is 0.373. The molecule has 2 N–H and O–H groups in total. The molecule has 0 aromatic heterocycles. The van der Waals surface area contributed by atoms with E-state index in [1.807, 2.05) is 6.07 Å². The van der Waals surface area contributed by atoms with Crippen molar-refractivity contribution in [3.05, 3.63) is 71.5 Å². The van der Waals surface area contributed by atoms with Crippen LogP contribution >= 0.6 is 0 Å². The maximum atomic E-state index is 12.8. The molecule has 0 aliphatic carbocycles. The third-order valence-electron chi connectivity index (χ3n) is 2.80. The number of hydrogen-bond acceptors (Lipinski definition) is 2. The fourth-order valence-electron chi connectivity index (χ4n) is 1.79. The van der Waals surface area contributed by atoms with Gasteiger partial charge >= 0.3 is 0 Å². The van der Waals surface area contributed by atoms with Gasteiger partial charge in [-0.05, 0) is 23.3 Å². The molecule has 17 heavy (non-hydrogen) atoms. The fraction of sp³-hybridized carbons (Fsp3) is 0.143. The maximum absolute atomic E-state index is 12.8. The number of aliphatic hydroxyl groups is 2. The molecule has 2 aromatic rings. The summed E-state index contributed by atoms with van der Waals surface area (Å²) in [5.74, 6) is -0.373. The van der Waals surface area contributed by atoms with Gasteiger partial charge in [-0.1, -0.05) is 42.5 Å². The van der Waals surface area contributed by atoms with Gasteiger partial charge < -0.3 is 10.2 Å². The molecular formula is C14H13FO2. The first-order chi connectivity index (χ1) is 8.16. The van der Waals surface area contributed by atoms with Crippen LogP contribution in [0.2, 0.25) is 0 Å². The number of benzene rings is 2. The quantitative estimate of drug-likeness (QED) is 0.850. The highest BCUT2D eigenvalue weighted by atomic mass is 19.1. The predicted octanol–water partition coefficient (Wildman–Crippen LogP) is 2.05. The molecule has 0 saturated heterocycles. The number of aliphatic hydroxyl groups excluding tert-OH is 1. The van der Waals surface area contributed by atoms with Crippen LogP contribution in [0.1, 0.15) is 11.1 Å². The molecular weight excluding hydrogens is 219 g/mol. The molecule has 2 aromatic carbocycles. The van der Waals surface area contributed by atoms with Crippen LogP contribution in [0.5, 0.6) is 0 Å². The molecule has 0 bridgehead atoms. The van der Waals surface area contributed by atoms with E-state index in [-0.39, 0.29) is 5.82 Å². The second kappa shape index (κ2) is 4.65. The lowest BCUT2D eigenvalue weighted by molar-refractivity contribution is 0.0172. The number of rotatable bonds is 3. The molecule has 1 atom stereocenters. The lowest BCUT2D eigenvalue weighted by atomic mass is 9.87. The smallest absolute Gasteiger partial charge is 0.138 e. The first-order valence-corrected chi connectivity index (χ1v) is 5.31. The summed E-state index contributed by atoms with van der Waals surface area (Å²) in [7, 11) is 0. The minimum Gasteiger partial charge on any atom is -0.393 e. The van der Waals surface area contributed by atoms with Gasteiger partial charge in [0.25, 0.3) is 0 Å². The van der Waals surface area contributed by atoms with E-state index in [2.05, 4.69) is 0 Å².